The highest BCUT2D eigenvalue weighted by molar-refractivity contribution is 7.89. The molecule has 1 amide bonds. The third kappa shape index (κ3) is 6.93. The molecule has 7 nitrogen and oxygen atoms in total. The number of hydrogen-bond donors (Lipinski definition) is 2. The van der Waals surface area contributed by atoms with Crippen molar-refractivity contribution in [2.45, 2.75) is 57.7 Å². The quantitative estimate of drug-likeness (QED) is 0.753. The molecule has 1 aliphatic carbocycles. The number of amides is 1. The zero-order valence-electron chi connectivity index (χ0n) is 14.2. The molecule has 0 heterocycles. The fourth-order valence-electron chi connectivity index (χ4n) is 2.35. The average Bonchev–Trinajstić information content (AvgIpc) is 2.73. The van der Waals surface area contributed by atoms with Crippen molar-refractivity contribution in [1.82, 2.24) is 14.9 Å². The van der Waals surface area contributed by atoms with E-state index in [0.29, 0.717) is 6.54 Å². The van der Waals surface area contributed by atoms with Crippen molar-refractivity contribution in [2.24, 2.45) is 0 Å². The van der Waals surface area contributed by atoms with Crippen LogP contribution >= 0.6 is 0 Å². The van der Waals surface area contributed by atoms with Gasteiger partial charge in [-0.05, 0) is 40.0 Å². The number of sulfonamides is 1. The smallest absolute Gasteiger partial charge is 0.407 e. The first-order valence-electron chi connectivity index (χ1n) is 7.63. The van der Waals surface area contributed by atoms with Crippen molar-refractivity contribution in [3.63, 3.8) is 0 Å². The van der Waals surface area contributed by atoms with Gasteiger partial charge in [0.25, 0.3) is 0 Å². The summed E-state index contributed by atoms with van der Waals surface area (Å²) in [5, 5.41) is 6.11. The van der Waals surface area contributed by atoms with Gasteiger partial charge in [-0.2, -0.15) is 0 Å². The zero-order valence-corrected chi connectivity index (χ0v) is 15.0. The largest absolute Gasteiger partial charge is 0.444 e. The summed E-state index contributed by atoms with van der Waals surface area (Å²) in [5.41, 5.74) is -0.499. The van der Waals surface area contributed by atoms with Crippen LogP contribution in [0.15, 0.2) is 0 Å². The van der Waals surface area contributed by atoms with Gasteiger partial charge in [0.1, 0.15) is 5.60 Å². The number of hydrogen-bond acceptors (Lipinski definition) is 5. The molecule has 0 saturated heterocycles. The van der Waals surface area contributed by atoms with Gasteiger partial charge in [0.2, 0.25) is 10.0 Å². The Kier molecular flexibility index (Phi) is 6.64. The summed E-state index contributed by atoms with van der Waals surface area (Å²) in [6.45, 7) is 5.91. The second-order valence-corrected chi connectivity index (χ2v) is 9.21. The molecule has 0 spiro atoms. The molecule has 1 fully saturated rings. The number of carbonyl (C=O) groups excluding carboxylic acids is 1. The molecule has 0 bridgehead atoms. The third-order valence-electron chi connectivity index (χ3n) is 3.50. The minimum Gasteiger partial charge on any atom is -0.444 e. The maximum atomic E-state index is 11.7. The van der Waals surface area contributed by atoms with Crippen LogP contribution in [-0.4, -0.2) is 62.9 Å². The van der Waals surface area contributed by atoms with E-state index in [0.717, 1.165) is 19.3 Å². The van der Waals surface area contributed by atoms with Crippen molar-refractivity contribution in [3.8, 4) is 0 Å². The third-order valence-corrected chi connectivity index (χ3v) is 5.34. The zero-order chi connectivity index (χ0) is 17.0. The van der Waals surface area contributed by atoms with Crippen LogP contribution in [0.1, 0.15) is 40.0 Å². The maximum absolute atomic E-state index is 11.7. The second-order valence-electron chi connectivity index (χ2n) is 6.91. The van der Waals surface area contributed by atoms with Gasteiger partial charge in [-0.3, -0.25) is 0 Å². The minimum absolute atomic E-state index is 0.0813. The number of carbonyl (C=O) groups is 1. The van der Waals surface area contributed by atoms with E-state index in [-0.39, 0.29) is 17.8 Å². The van der Waals surface area contributed by atoms with Gasteiger partial charge < -0.3 is 15.4 Å². The van der Waals surface area contributed by atoms with Crippen molar-refractivity contribution in [1.29, 1.82) is 0 Å². The summed E-state index contributed by atoms with van der Waals surface area (Å²) >= 11 is 0. The van der Waals surface area contributed by atoms with Crippen LogP contribution in [0.4, 0.5) is 4.79 Å². The molecule has 2 N–H and O–H groups in total. The SMILES string of the molecule is CN(C)S(=O)(=O)CCNC1CCC(NC(=O)OC(C)(C)C)C1. The molecule has 1 rings (SSSR count). The predicted molar refractivity (Wildman–Crippen MR) is 86.3 cm³/mol. The molecule has 1 aliphatic rings. The molecular weight excluding hydrogens is 306 g/mol. The lowest BCUT2D eigenvalue weighted by molar-refractivity contribution is 0.0505. The van der Waals surface area contributed by atoms with Crippen LogP contribution in [0.5, 0.6) is 0 Å². The molecule has 1 saturated carbocycles. The van der Waals surface area contributed by atoms with Crippen molar-refractivity contribution < 1.29 is 17.9 Å². The summed E-state index contributed by atoms with van der Waals surface area (Å²) in [7, 11) is -0.0948. The van der Waals surface area contributed by atoms with Crippen LogP contribution in [0.2, 0.25) is 0 Å². The number of ether oxygens (including phenoxy) is 1. The van der Waals surface area contributed by atoms with Crippen molar-refractivity contribution in [3.05, 3.63) is 0 Å². The fourth-order valence-corrected chi connectivity index (χ4v) is 3.09. The van der Waals surface area contributed by atoms with E-state index in [2.05, 4.69) is 10.6 Å². The van der Waals surface area contributed by atoms with Crippen molar-refractivity contribution in [2.75, 3.05) is 26.4 Å². The lowest BCUT2D eigenvalue weighted by atomic mass is 10.2. The van der Waals surface area contributed by atoms with Gasteiger partial charge in [-0.1, -0.05) is 0 Å². The van der Waals surface area contributed by atoms with E-state index in [1.807, 2.05) is 20.8 Å². The molecular formula is C14H29N3O4S. The van der Waals surface area contributed by atoms with E-state index in [4.69, 9.17) is 4.74 Å². The summed E-state index contributed by atoms with van der Waals surface area (Å²) in [5.74, 6) is 0.0840. The van der Waals surface area contributed by atoms with Crippen LogP contribution in [0.3, 0.4) is 0 Å². The van der Waals surface area contributed by atoms with E-state index in [9.17, 15) is 13.2 Å². The Labute approximate surface area is 133 Å². The Morgan fingerprint density at radius 2 is 1.82 bits per heavy atom. The standard InChI is InChI=1S/C14H29N3O4S/c1-14(2,3)21-13(18)16-12-7-6-11(10-12)15-8-9-22(19,20)17(4)5/h11-12,15H,6-10H2,1-5H3,(H,16,18). The van der Waals surface area contributed by atoms with Gasteiger partial charge in [0, 0.05) is 32.7 Å². The molecule has 2 atom stereocenters. The van der Waals surface area contributed by atoms with E-state index in [1.54, 1.807) is 0 Å². The van der Waals surface area contributed by atoms with Crippen LogP contribution < -0.4 is 10.6 Å². The first-order valence-corrected chi connectivity index (χ1v) is 9.23. The van der Waals surface area contributed by atoms with Gasteiger partial charge in [-0.15, -0.1) is 0 Å². The van der Waals surface area contributed by atoms with Gasteiger partial charge >= 0.3 is 6.09 Å². The lowest BCUT2D eigenvalue weighted by Gasteiger charge is -2.22. The van der Waals surface area contributed by atoms with Gasteiger partial charge in [0.15, 0.2) is 0 Å². The summed E-state index contributed by atoms with van der Waals surface area (Å²) < 4.78 is 29.8. The highest BCUT2D eigenvalue weighted by atomic mass is 32.2. The topological polar surface area (TPSA) is 87.7 Å². The Balaban J connectivity index is 2.28. The Bertz CT molecular complexity index is 471. The van der Waals surface area contributed by atoms with E-state index < -0.39 is 21.7 Å². The molecule has 0 aromatic rings. The van der Waals surface area contributed by atoms with Crippen LogP contribution in [-0.2, 0) is 14.8 Å². The highest BCUT2D eigenvalue weighted by Crippen LogP contribution is 2.19. The van der Waals surface area contributed by atoms with Crippen molar-refractivity contribution >= 4 is 16.1 Å². The van der Waals surface area contributed by atoms with E-state index >= 15 is 0 Å². The molecule has 130 valence electrons. The number of alkyl carbamates (subject to hydrolysis) is 1. The molecule has 0 aromatic heterocycles. The Hall–Kier alpha value is -0.860. The number of nitrogens with zero attached hydrogens (tertiary/aromatic N) is 1. The Morgan fingerprint density at radius 3 is 2.36 bits per heavy atom. The van der Waals surface area contributed by atoms with Gasteiger partial charge in [0.05, 0.1) is 5.75 Å². The molecule has 0 aliphatic heterocycles. The van der Waals surface area contributed by atoms with Crippen LogP contribution in [0.25, 0.3) is 0 Å². The van der Waals surface area contributed by atoms with E-state index in [1.165, 1.54) is 18.4 Å². The van der Waals surface area contributed by atoms with Gasteiger partial charge in [-0.25, -0.2) is 17.5 Å². The number of nitrogens with one attached hydrogen (secondary N) is 2. The molecule has 8 heteroatoms. The summed E-state index contributed by atoms with van der Waals surface area (Å²) in [6, 6.07) is 0.315. The fraction of sp³-hybridized carbons (Fsp3) is 0.929. The molecule has 0 aromatic carbocycles. The molecule has 2 unspecified atom stereocenters. The number of rotatable bonds is 6. The lowest BCUT2D eigenvalue weighted by Crippen LogP contribution is -2.39. The monoisotopic (exact) mass is 335 g/mol. The average molecular weight is 335 g/mol. The molecule has 0 radical (unpaired) electrons. The summed E-state index contributed by atoms with van der Waals surface area (Å²) in [4.78, 5) is 11.7. The minimum atomic E-state index is -3.16. The highest BCUT2D eigenvalue weighted by Gasteiger charge is 2.27. The second kappa shape index (κ2) is 7.61. The molecule has 22 heavy (non-hydrogen) atoms. The predicted octanol–water partition coefficient (Wildman–Crippen LogP) is 0.913. The first-order chi connectivity index (χ1) is 9.99. The van der Waals surface area contributed by atoms with Crippen LogP contribution in [0, 0.1) is 0 Å². The first kappa shape index (κ1) is 19.2. The normalized spacial score (nSPS) is 22.8. The Morgan fingerprint density at radius 1 is 1.23 bits per heavy atom. The maximum Gasteiger partial charge on any atom is 0.407 e. The summed E-state index contributed by atoms with van der Waals surface area (Å²) in [6.07, 6.45) is 2.19.